The van der Waals surface area contributed by atoms with Gasteiger partial charge >= 0.3 is 0 Å². The second kappa shape index (κ2) is 5.85. The predicted molar refractivity (Wildman–Crippen MR) is 71.7 cm³/mol. The van der Waals surface area contributed by atoms with Crippen LogP contribution in [0, 0.1) is 5.92 Å². The molecule has 0 saturated heterocycles. The Hall–Kier alpha value is -0.570. The Morgan fingerprint density at radius 2 is 1.82 bits per heavy atom. The van der Waals surface area contributed by atoms with Crippen LogP contribution in [-0.4, -0.2) is 29.4 Å². The third-order valence-corrected chi connectivity index (χ3v) is 3.97. The van der Waals surface area contributed by atoms with Gasteiger partial charge in [-0.25, -0.2) is 0 Å². The molecule has 0 bridgehead atoms. The number of nitrogens with zero attached hydrogens (tertiary/aromatic N) is 1. The van der Waals surface area contributed by atoms with Crippen LogP contribution >= 0.6 is 0 Å². The quantitative estimate of drug-likeness (QED) is 0.802. The van der Waals surface area contributed by atoms with Crippen molar-refractivity contribution in [1.82, 2.24) is 4.90 Å². The van der Waals surface area contributed by atoms with Crippen LogP contribution in [0.15, 0.2) is 0 Å². The van der Waals surface area contributed by atoms with Crippen molar-refractivity contribution >= 4 is 5.91 Å². The molecule has 1 rings (SSSR count). The highest BCUT2D eigenvalue weighted by Crippen LogP contribution is 2.30. The molecule has 0 heterocycles. The summed E-state index contributed by atoms with van der Waals surface area (Å²) in [7, 11) is 1.91. The number of carbonyl (C=O) groups excluding carboxylic acids is 1. The van der Waals surface area contributed by atoms with Crippen LogP contribution in [0.4, 0.5) is 0 Å². The molecule has 17 heavy (non-hydrogen) atoms. The van der Waals surface area contributed by atoms with E-state index in [0.717, 1.165) is 19.3 Å². The Morgan fingerprint density at radius 1 is 1.29 bits per heavy atom. The lowest BCUT2D eigenvalue weighted by atomic mass is 9.93. The molecule has 0 radical (unpaired) electrons. The second-order valence-electron chi connectivity index (χ2n) is 6.23. The molecule has 0 aromatic rings. The lowest BCUT2D eigenvalue weighted by Crippen LogP contribution is -2.45. The zero-order valence-electron chi connectivity index (χ0n) is 11.8. The minimum atomic E-state index is -0.219. The van der Waals surface area contributed by atoms with Crippen LogP contribution in [0.5, 0.6) is 0 Å². The standard InChI is InChI=1S/C14H28N2O/c1-11(2)9-12(3)16(4)13(17)10-14(15)7-5-6-8-14/h11-12H,5-10,15H2,1-4H3. The topological polar surface area (TPSA) is 46.3 Å². The zero-order chi connectivity index (χ0) is 13.1. The Bertz CT molecular complexity index is 257. The van der Waals surface area contributed by atoms with E-state index >= 15 is 0 Å². The summed E-state index contributed by atoms with van der Waals surface area (Å²) in [6, 6.07) is 0.313. The molecule has 1 fully saturated rings. The van der Waals surface area contributed by atoms with Gasteiger partial charge in [-0.2, -0.15) is 0 Å². The van der Waals surface area contributed by atoms with E-state index in [9.17, 15) is 4.79 Å². The molecule has 1 unspecified atom stereocenters. The van der Waals surface area contributed by atoms with Crippen molar-refractivity contribution in [1.29, 1.82) is 0 Å². The van der Waals surface area contributed by atoms with Crippen LogP contribution in [-0.2, 0) is 4.79 Å². The Labute approximate surface area is 106 Å². The van der Waals surface area contributed by atoms with E-state index < -0.39 is 0 Å². The molecule has 1 saturated carbocycles. The molecule has 1 aliphatic carbocycles. The largest absolute Gasteiger partial charge is 0.343 e. The van der Waals surface area contributed by atoms with E-state index in [4.69, 9.17) is 5.73 Å². The normalized spacial score (nSPS) is 20.6. The molecule has 0 spiro atoms. The summed E-state index contributed by atoms with van der Waals surface area (Å²) in [5.74, 6) is 0.834. The minimum Gasteiger partial charge on any atom is -0.343 e. The van der Waals surface area contributed by atoms with Gasteiger partial charge in [-0.05, 0) is 32.1 Å². The smallest absolute Gasteiger partial charge is 0.224 e. The highest BCUT2D eigenvalue weighted by atomic mass is 16.2. The Kier molecular flexibility index (Phi) is 4.99. The summed E-state index contributed by atoms with van der Waals surface area (Å²) in [6.07, 6.45) is 5.94. The SMILES string of the molecule is CC(C)CC(C)N(C)C(=O)CC1(N)CCCC1. The monoisotopic (exact) mass is 240 g/mol. The van der Waals surface area contributed by atoms with Crippen molar-refractivity contribution in [2.24, 2.45) is 11.7 Å². The molecular formula is C14H28N2O. The summed E-state index contributed by atoms with van der Waals surface area (Å²) in [5, 5.41) is 0. The molecule has 0 aromatic carbocycles. The van der Waals surface area contributed by atoms with E-state index in [0.29, 0.717) is 18.4 Å². The number of nitrogens with two attached hydrogens (primary N) is 1. The molecule has 1 aliphatic rings. The Morgan fingerprint density at radius 3 is 2.29 bits per heavy atom. The van der Waals surface area contributed by atoms with Crippen LogP contribution in [0.1, 0.15) is 59.3 Å². The van der Waals surface area contributed by atoms with E-state index in [2.05, 4.69) is 20.8 Å². The van der Waals surface area contributed by atoms with E-state index in [1.54, 1.807) is 0 Å². The molecule has 3 heteroatoms. The fraction of sp³-hybridized carbons (Fsp3) is 0.929. The molecule has 1 amide bonds. The molecule has 3 nitrogen and oxygen atoms in total. The maximum absolute atomic E-state index is 12.2. The van der Waals surface area contributed by atoms with Gasteiger partial charge in [0.05, 0.1) is 0 Å². The zero-order valence-corrected chi connectivity index (χ0v) is 11.8. The van der Waals surface area contributed by atoms with E-state index in [1.807, 2.05) is 11.9 Å². The van der Waals surface area contributed by atoms with E-state index in [-0.39, 0.29) is 11.4 Å². The van der Waals surface area contributed by atoms with Gasteiger partial charge in [0.25, 0.3) is 0 Å². The summed E-state index contributed by atoms with van der Waals surface area (Å²) >= 11 is 0. The van der Waals surface area contributed by atoms with Gasteiger partial charge in [-0.15, -0.1) is 0 Å². The van der Waals surface area contributed by atoms with Crippen molar-refractivity contribution in [2.75, 3.05) is 7.05 Å². The number of hydrogen-bond donors (Lipinski definition) is 1. The van der Waals surface area contributed by atoms with Crippen LogP contribution in [0.2, 0.25) is 0 Å². The molecule has 0 aromatic heterocycles. The van der Waals surface area contributed by atoms with Crippen molar-refractivity contribution in [3.05, 3.63) is 0 Å². The maximum Gasteiger partial charge on any atom is 0.224 e. The number of hydrogen-bond acceptors (Lipinski definition) is 2. The van der Waals surface area contributed by atoms with Gasteiger partial charge < -0.3 is 10.6 Å². The molecule has 1 atom stereocenters. The van der Waals surface area contributed by atoms with E-state index in [1.165, 1.54) is 12.8 Å². The first-order valence-corrected chi connectivity index (χ1v) is 6.88. The second-order valence-corrected chi connectivity index (χ2v) is 6.23. The van der Waals surface area contributed by atoms with Gasteiger partial charge in [-0.3, -0.25) is 4.79 Å². The van der Waals surface area contributed by atoms with Crippen LogP contribution in [0.3, 0.4) is 0 Å². The summed E-state index contributed by atoms with van der Waals surface area (Å²) in [6.45, 7) is 6.50. The average molecular weight is 240 g/mol. The lowest BCUT2D eigenvalue weighted by Gasteiger charge is -2.30. The van der Waals surface area contributed by atoms with Crippen molar-refractivity contribution < 1.29 is 4.79 Å². The highest BCUT2D eigenvalue weighted by Gasteiger charge is 2.33. The van der Waals surface area contributed by atoms with Gasteiger partial charge in [0.15, 0.2) is 0 Å². The molecule has 0 aliphatic heterocycles. The van der Waals surface area contributed by atoms with Crippen molar-refractivity contribution in [3.8, 4) is 0 Å². The van der Waals surface area contributed by atoms with Crippen LogP contribution in [0.25, 0.3) is 0 Å². The van der Waals surface area contributed by atoms with Gasteiger partial charge in [-0.1, -0.05) is 26.7 Å². The lowest BCUT2D eigenvalue weighted by molar-refractivity contribution is -0.133. The Balaban J connectivity index is 2.46. The van der Waals surface area contributed by atoms with Gasteiger partial charge in [0.1, 0.15) is 0 Å². The fourth-order valence-corrected chi connectivity index (χ4v) is 2.77. The van der Waals surface area contributed by atoms with Crippen molar-refractivity contribution in [2.45, 2.75) is 70.9 Å². The average Bonchev–Trinajstić information content (AvgIpc) is 2.62. The fourth-order valence-electron chi connectivity index (χ4n) is 2.77. The predicted octanol–water partition coefficient (Wildman–Crippen LogP) is 2.54. The molecular weight excluding hydrogens is 212 g/mol. The number of rotatable bonds is 5. The van der Waals surface area contributed by atoms with Gasteiger partial charge in [0, 0.05) is 25.0 Å². The van der Waals surface area contributed by atoms with Crippen molar-refractivity contribution in [3.63, 3.8) is 0 Å². The molecule has 2 N–H and O–H groups in total. The maximum atomic E-state index is 12.2. The minimum absolute atomic E-state index is 0.211. The third kappa shape index (κ3) is 4.30. The first kappa shape index (κ1) is 14.5. The number of carbonyl (C=O) groups is 1. The van der Waals surface area contributed by atoms with Gasteiger partial charge in [0.2, 0.25) is 5.91 Å². The third-order valence-electron chi connectivity index (χ3n) is 3.97. The highest BCUT2D eigenvalue weighted by molar-refractivity contribution is 5.77. The molecule has 100 valence electrons. The summed E-state index contributed by atoms with van der Waals surface area (Å²) < 4.78 is 0. The number of amides is 1. The van der Waals surface area contributed by atoms with Crippen LogP contribution < -0.4 is 5.73 Å². The summed E-state index contributed by atoms with van der Waals surface area (Å²) in [5.41, 5.74) is 6.03. The first-order chi connectivity index (χ1) is 7.84. The first-order valence-electron chi connectivity index (χ1n) is 6.88. The summed E-state index contributed by atoms with van der Waals surface area (Å²) in [4.78, 5) is 14.1.